The van der Waals surface area contributed by atoms with Crippen LogP contribution in [0.1, 0.15) is 17.1 Å². The van der Waals surface area contributed by atoms with Gasteiger partial charge in [-0.15, -0.1) is 0 Å². The van der Waals surface area contributed by atoms with Gasteiger partial charge in [-0.05, 0) is 40.5 Å². The first-order valence-corrected chi connectivity index (χ1v) is 6.26. The normalized spacial score (nSPS) is 10.5. The fourth-order valence-corrected chi connectivity index (χ4v) is 2.01. The molecule has 0 spiro atoms. The van der Waals surface area contributed by atoms with Crippen molar-refractivity contribution in [3.63, 3.8) is 0 Å². The highest BCUT2D eigenvalue weighted by molar-refractivity contribution is 9.10. The molecule has 1 aromatic heterocycles. The zero-order chi connectivity index (χ0) is 12.4. The molecule has 1 heterocycles. The molecule has 0 aliphatic heterocycles. The Morgan fingerprint density at radius 2 is 2.24 bits per heavy atom. The summed E-state index contributed by atoms with van der Waals surface area (Å²) in [5, 5.41) is 0. The van der Waals surface area contributed by atoms with Crippen molar-refractivity contribution in [1.82, 2.24) is 9.97 Å². The van der Waals surface area contributed by atoms with Crippen molar-refractivity contribution < 1.29 is 4.39 Å². The molecule has 0 radical (unpaired) electrons. The number of hydrogen-bond acceptors (Lipinski definition) is 2. The Balaban J connectivity index is 2.34. The van der Waals surface area contributed by atoms with E-state index in [2.05, 4.69) is 25.9 Å². The quantitative estimate of drug-likeness (QED) is 0.851. The van der Waals surface area contributed by atoms with Gasteiger partial charge in [0.15, 0.2) is 0 Å². The molecule has 0 unspecified atom stereocenters. The van der Waals surface area contributed by atoms with Crippen molar-refractivity contribution in [3.8, 4) is 0 Å². The summed E-state index contributed by atoms with van der Waals surface area (Å²) < 4.78 is 14.4. The van der Waals surface area contributed by atoms with Gasteiger partial charge in [0, 0.05) is 12.1 Å². The molecule has 88 valence electrons. The Morgan fingerprint density at radius 1 is 1.47 bits per heavy atom. The summed E-state index contributed by atoms with van der Waals surface area (Å²) in [6.07, 6.45) is 0.537. The highest BCUT2D eigenvalue weighted by atomic mass is 79.9. The standard InChI is InChI=1S/C12H10BrFN2S/c1-7-11(13)12(17)16-10(15-7)6-8-3-2-4-9(14)5-8/h2-5H,6H2,1H3,(H,15,16,17). The lowest BCUT2D eigenvalue weighted by Gasteiger charge is -2.05. The predicted molar refractivity (Wildman–Crippen MR) is 71.1 cm³/mol. The number of hydrogen-bond donors (Lipinski definition) is 1. The van der Waals surface area contributed by atoms with Crippen molar-refractivity contribution in [2.45, 2.75) is 13.3 Å². The largest absolute Gasteiger partial charge is 0.346 e. The van der Waals surface area contributed by atoms with Crippen LogP contribution in [0.3, 0.4) is 0 Å². The summed E-state index contributed by atoms with van der Waals surface area (Å²) in [5.74, 6) is 0.497. The molecule has 0 bridgehead atoms. The van der Waals surface area contributed by atoms with Crippen molar-refractivity contribution in [3.05, 3.63) is 56.3 Å². The Morgan fingerprint density at radius 3 is 2.88 bits per heavy atom. The fourth-order valence-electron chi connectivity index (χ4n) is 1.56. The molecule has 0 fully saturated rings. The second-order valence-corrected chi connectivity index (χ2v) is 4.91. The lowest BCUT2D eigenvalue weighted by Crippen LogP contribution is -2.00. The second-order valence-electron chi connectivity index (χ2n) is 3.73. The van der Waals surface area contributed by atoms with Gasteiger partial charge in [-0.3, -0.25) is 0 Å². The third-order valence-corrected chi connectivity index (χ3v) is 3.87. The maximum atomic E-state index is 13.0. The summed E-state index contributed by atoms with van der Waals surface area (Å²) in [6, 6.07) is 6.46. The van der Waals surface area contributed by atoms with Crippen LogP contribution in [0.4, 0.5) is 4.39 Å². The lowest BCUT2D eigenvalue weighted by molar-refractivity contribution is 0.625. The minimum atomic E-state index is -0.241. The summed E-state index contributed by atoms with van der Waals surface area (Å²) in [5.41, 5.74) is 1.79. The Kier molecular flexibility index (Phi) is 3.69. The zero-order valence-corrected chi connectivity index (χ0v) is 11.5. The topological polar surface area (TPSA) is 28.7 Å². The smallest absolute Gasteiger partial charge is 0.144 e. The first-order valence-electron chi connectivity index (χ1n) is 5.06. The number of nitrogens with one attached hydrogen (secondary N) is 1. The van der Waals surface area contributed by atoms with Crippen LogP contribution in [0, 0.1) is 17.4 Å². The van der Waals surface area contributed by atoms with E-state index in [9.17, 15) is 4.39 Å². The molecule has 0 atom stereocenters. The predicted octanol–water partition coefficient (Wildman–Crippen LogP) is 3.94. The van der Waals surface area contributed by atoms with E-state index in [4.69, 9.17) is 12.2 Å². The summed E-state index contributed by atoms with van der Waals surface area (Å²) in [7, 11) is 0. The van der Waals surface area contributed by atoms with Gasteiger partial charge in [0.25, 0.3) is 0 Å². The maximum absolute atomic E-state index is 13.0. The lowest BCUT2D eigenvalue weighted by atomic mass is 10.1. The number of nitrogens with zero attached hydrogens (tertiary/aromatic N) is 1. The molecule has 1 aromatic carbocycles. The molecule has 2 rings (SSSR count). The molecule has 0 aliphatic rings. The van der Waals surface area contributed by atoms with E-state index >= 15 is 0 Å². The van der Waals surface area contributed by atoms with E-state index in [-0.39, 0.29) is 5.82 Å². The molecular weight excluding hydrogens is 303 g/mol. The second kappa shape index (κ2) is 5.06. The van der Waals surface area contributed by atoms with Gasteiger partial charge in [-0.2, -0.15) is 0 Å². The molecule has 0 aliphatic carbocycles. The van der Waals surface area contributed by atoms with Crippen molar-refractivity contribution in [1.29, 1.82) is 0 Å². The van der Waals surface area contributed by atoms with Crippen LogP contribution in [-0.4, -0.2) is 9.97 Å². The van der Waals surface area contributed by atoms with Crippen molar-refractivity contribution >= 4 is 28.1 Å². The first kappa shape index (κ1) is 12.4. The fraction of sp³-hybridized carbons (Fsp3) is 0.167. The van der Waals surface area contributed by atoms with Crippen LogP contribution in [0.5, 0.6) is 0 Å². The highest BCUT2D eigenvalue weighted by Crippen LogP contribution is 2.16. The van der Waals surface area contributed by atoms with Gasteiger partial charge in [0.05, 0.1) is 4.47 Å². The van der Waals surface area contributed by atoms with Gasteiger partial charge in [-0.1, -0.05) is 24.4 Å². The third-order valence-electron chi connectivity index (χ3n) is 2.35. The number of aromatic amines is 1. The molecular formula is C12H10BrFN2S. The van der Waals surface area contributed by atoms with Crippen molar-refractivity contribution in [2.75, 3.05) is 0 Å². The Bertz CT molecular complexity index is 610. The van der Waals surface area contributed by atoms with E-state index in [1.54, 1.807) is 6.07 Å². The minimum Gasteiger partial charge on any atom is -0.346 e. The summed E-state index contributed by atoms with van der Waals surface area (Å²) in [4.78, 5) is 7.39. The molecule has 1 N–H and O–H groups in total. The molecule has 17 heavy (non-hydrogen) atoms. The monoisotopic (exact) mass is 312 g/mol. The van der Waals surface area contributed by atoms with Crippen LogP contribution >= 0.6 is 28.1 Å². The van der Waals surface area contributed by atoms with Crippen LogP contribution in [-0.2, 0) is 6.42 Å². The summed E-state index contributed by atoms with van der Waals surface area (Å²) >= 11 is 8.47. The number of H-pyrrole nitrogens is 1. The molecule has 2 nitrogen and oxygen atoms in total. The van der Waals surface area contributed by atoms with E-state index in [0.717, 1.165) is 21.6 Å². The van der Waals surface area contributed by atoms with Gasteiger partial charge < -0.3 is 4.98 Å². The molecule has 0 amide bonds. The van der Waals surface area contributed by atoms with Crippen LogP contribution in [0.25, 0.3) is 0 Å². The van der Waals surface area contributed by atoms with E-state index in [0.29, 0.717) is 11.1 Å². The van der Waals surface area contributed by atoms with Crippen molar-refractivity contribution in [2.24, 2.45) is 0 Å². The number of rotatable bonds is 2. The first-order chi connectivity index (χ1) is 8.06. The zero-order valence-electron chi connectivity index (χ0n) is 9.13. The van der Waals surface area contributed by atoms with E-state index < -0.39 is 0 Å². The Labute approximate surface area is 112 Å². The number of benzene rings is 1. The Hall–Kier alpha value is -1.07. The molecule has 0 saturated heterocycles. The van der Waals surface area contributed by atoms with Gasteiger partial charge >= 0.3 is 0 Å². The van der Waals surface area contributed by atoms with Gasteiger partial charge in [0.1, 0.15) is 16.3 Å². The SMILES string of the molecule is Cc1[nH]c(Cc2cccc(F)c2)nc(=S)c1Br. The minimum absolute atomic E-state index is 0.241. The highest BCUT2D eigenvalue weighted by Gasteiger charge is 2.04. The summed E-state index contributed by atoms with van der Waals surface area (Å²) in [6.45, 7) is 1.91. The van der Waals surface area contributed by atoms with Crippen LogP contribution in [0.2, 0.25) is 0 Å². The van der Waals surface area contributed by atoms with Crippen LogP contribution in [0.15, 0.2) is 28.7 Å². The maximum Gasteiger partial charge on any atom is 0.144 e. The van der Waals surface area contributed by atoms with E-state index in [1.165, 1.54) is 12.1 Å². The third kappa shape index (κ3) is 2.98. The average molecular weight is 313 g/mol. The molecule has 2 aromatic rings. The number of aryl methyl sites for hydroxylation is 1. The van der Waals surface area contributed by atoms with Crippen LogP contribution < -0.4 is 0 Å². The van der Waals surface area contributed by atoms with Gasteiger partial charge in [-0.25, -0.2) is 9.37 Å². The van der Waals surface area contributed by atoms with E-state index in [1.807, 2.05) is 13.0 Å². The number of aromatic nitrogens is 2. The average Bonchev–Trinajstić information content (AvgIpc) is 2.26. The van der Waals surface area contributed by atoms with Gasteiger partial charge in [0.2, 0.25) is 0 Å². The number of halogens is 2. The molecule has 5 heteroatoms. The molecule has 0 saturated carbocycles.